The van der Waals surface area contributed by atoms with Gasteiger partial charge >= 0.3 is 0 Å². The van der Waals surface area contributed by atoms with Gasteiger partial charge < -0.3 is 19.3 Å². The molecule has 0 saturated carbocycles. The number of rotatable bonds is 10. The second kappa shape index (κ2) is 12.8. The first kappa shape index (κ1) is 29.0. The maximum absolute atomic E-state index is 15.1. The predicted octanol–water partition coefficient (Wildman–Crippen LogP) is 6.09. The van der Waals surface area contributed by atoms with Crippen LogP contribution in [-0.4, -0.2) is 52.8 Å². The van der Waals surface area contributed by atoms with Crippen molar-refractivity contribution in [3.05, 3.63) is 76.4 Å². The highest BCUT2D eigenvalue weighted by Crippen LogP contribution is 2.33. The van der Waals surface area contributed by atoms with Crippen LogP contribution in [0.15, 0.2) is 42.5 Å². The lowest BCUT2D eigenvalue weighted by Gasteiger charge is -2.22. The van der Waals surface area contributed by atoms with Crippen molar-refractivity contribution in [2.75, 3.05) is 26.2 Å². The molecule has 0 atom stereocenters. The summed E-state index contributed by atoms with van der Waals surface area (Å²) in [6.07, 6.45) is 0. The number of benzene rings is 2. The summed E-state index contributed by atoms with van der Waals surface area (Å²) in [7, 11) is 0. The Bertz CT molecular complexity index is 1370. The minimum Gasteiger partial charge on any atom is -0.436 e. The zero-order chi connectivity index (χ0) is 28.7. The van der Waals surface area contributed by atoms with E-state index in [0.717, 1.165) is 0 Å². The lowest BCUT2D eigenvalue weighted by Crippen LogP contribution is -2.32. The minimum absolute atomic E-state index is 0.0293. The van der Waals surface area contributed by atoms with Crippen molar-refractivity contribution in [2.45, 2.75) is 34.6 Å². The van der Waals surface area contributed by atoms with E-state index in [9.17, 15) is 14.0 Å². The summed E-state index contributed by atoms with van der Waals surface area (Å²) in [6, 6.07) is 12.2. The second-order valence-electron chi connectivity index (χ2n) is 8.52. The van der Waals surface area contributed by atoms with Gasteiger partial charge in [0.2, 0.25) is 0 Å². The van der Waals surface area contributed by atoms with Crippen LogP contribution >= 0.6 is 0 Å². The number of amides is 2. The third kappa shape index (κ3) is 6.49. The lowest BCUT2D eigenvalue weighted by atomic mass is 10.1. The van der Waals surface area contributed by atoms with E-state index in [4.69, 9.17) is 14.7 Å². The van der Waals surface area contributed by atoms with E-state index in [1.165, 1.54) is 37.3 Å². The second-order valence-corrected chi connectivity index (χ2v) is 8.52. The number of pyridine rings is 1. The Labute approximate surface area is 226 Å². The van der Waals surface area contributed by atoms with Crippen molar-refractivity contribution in [2.24, 2.45) is 0 Å². The number of aromatic nitrogens is 1. The molecule has 204 valence electrons. The fraction of sp³-hybridized carbons (Fsp3) is 0.310. The molecule has 2 amide bonds. The molecule has 3 rings (SSSR count). The van der Waals surface area contributed by atoms with Gasteiger partial charge in [-0.25, -0.2) is 8.78 Å². The zero-order valence-corrected chi connectivity index (χ0v) is 22.5. The quantitative estimate of drug-likeness (QED) is 0.311. The summed E-state index contributed by atoms with van der Waals surface area (Å²) in [6.45, 7) is 10.3. The van der Waals surface area contributed by atoms with Crippen molar-refractivity contribution in [3.63, 3.8) is 0 Å². The first-order valence-electron chi connectivity index (χ1n) is 12.6. The summed E-state index contributed by atoms with van der Waals surface area (Å²) in [5.41, 5.74) is 0.232. The van der Waals surface area contributed by atoms with E-state index >= 15 is 4.39 Å². The molecule has 39 heavy (non-hydrogen) atoms. The van der Waals surface area contributed by atoms with Gasteiger partial charge in [0.05, 0.1) is 11.6 Å². The van der Waals surface area contributed by atoms with Gasteiger partial charge in [-0.15, -0.1) is 0 Å². The van der Waals surface area contributed by atoms with E-state index < -0.39 is 29.0 Å². The van der Waals surface area contributed by atoms with Crippen LogP contribution in [0, 0.1) is 29.9 Å². The first-order valence-corrected chi connectivity index (χ1v) is 12.6. The van der Waals surface area contributed by atoms with Gasteiger partial charge in [0.25, 0.3) is 23.6 Å². The number of halogens is 2. The van der Waals surface area contributed by atoms with Crippen LogP contribution in [-0.2, 0) is 0 Å². The SMILES string of the molecule is CCN(CC)C(=O)c1cc(Oc2nc(Oc3cccc(C#N)c3)c(F)c(C)c2F)cc(C(=O)N(CC)CC)c1. The summed E-state index contributed by atoms with van der Waals surface area (Å²) >= 11 is 0. The van der Waals surface area contributed by atoms with Crippen LogP contribution < -0.4 is 9.47 Å². The zero-order valence-electron chi connectivity index (χ0n) is 22.5. The van der Waals surface area contributed by atoms with Crippen molar-refractivity contribution in [3.8, 4) is 29.3 Å². The molecule has 0 aliphatic rings. The molecule has 10 heteroatoms. The summed E-state index contributed by atoms with van der Waals surface area (Å²) in [5.74, 6) is -3.83. The Morgan fingerprint density at radius 3 is 1.77 bits per heavy atom. The molecule has 0 unspecified atom stereocenters. The molecule has 8 nitrogen and oxygen atoms in total. The molecule has 0 spiro atoms. The molecule has 0 aliphatic carbocycles. The van der Waals surface area contributed by atoms with Gasteiger partial charge in [0.15, 0.2) is 11.6 Å². The van der Waals surface area contributed by atoms with Gasteiger partial charge in [-0.05, 0) is 71.0 Å². The number of carbonyl (C=O) groups is 2. The average molecular weight is 537 g/mol. The Hall–Kier alpha value is -4.52. The van der Waals surface area contributed by atoms with E-state index in [1.807, 2.05) is 33.8 Å². The maximum Gasteiger partial charge on any atom is 0.259 e. The average Bonchev–Trinajstić information content (AvgIpc) is 2.95. The third-order valence-electron chi connectivity index (χ3n) is 6.13. The number of hydrogen-bond donors (Lipinski definition) is 0. The molecule has 0 saturated heterocycles. The van der Waals surface area contributed by atoms with Crippen molar-refractivity contribution in [1.29, 1.82) is 5.26 Å². The van der Waals surface area contributed by atoms with Crippen molar-refractivity contribution < 1.29 is 27.8 Å². The molecule has 0 fully saturated rings. The highest BCUT2D eigenvalue weighted by molar-refractivity contribution is 6.00. The van der Waals surface area contributed by atoms with Gasteiger partial charge in [-0.3, -0.25) is 9.59 Å². The minimum atomic E-state index is -1.07. The standard InChI is InChI=1S/C29H30F2N4O4/c1-6-34(7-2)28(36)20-14-21(29(37)35(8-3)9-4)16-23(15-20)39-27-25(31)18(5)24(30)26(33-27)38-22-12-10-11-19(13-22)17-32/h10-16H,6-9H2,1-5H3. The smallest absolute Gasteiger partial charge is 0.259 e. The highest BCUT2D eigenvalue weighted by Gasteiger charge is 2.24. The van der Waals surface area contributed by atoms with Gasteiger partial charge in [-0.2, -0.15) is 10.2 Å². The Morgan fingerprint density at radius 2 is 1.31 bits per heavy atom. The van der Waals surface area contributed by atoms with Crippen LogP contribution in [0.5, 0.6) is 23.3 Å². The monoisotopic (exact) mass is 536 g/mol. The van der Waals surface area contributed by atoms with Gasteiger partial charge in [0.1, 0.15) is 11.5 Å². The van der Waals surface area contributed by atoms with Crippen molar-refractivity contribution in [1.82, 2.24) is 14.8 Å². The van der Waals surface area contributed by atoms with Crippen LogP contribution in [0.3, 0.4) is 0 Å². The molecule has 3 aromatic rings. The van der Waals surface area contributed by atoms with Crippen LogP contribution in [0.4, 0.5) is 8.78 Å². The molecule has 0 bridgehead atoms. The summed E-state index contributed by atoms with van der Waals surface area (Å²) in [5, 5.41) is 9.11. The Morgan fingerprint density at radius 1 is 0.821 bits per heavy atom. The van der Waals surface area contributed by atoms with Crippen LogP contribution in [0.2, 0.25) is 0 Å². The molecular formula is C29H30F2N4O4. The largest absolute Gasteiger partial charge is 0.436 e. The first-order chi connectivity index (χ1) is 18.7. The number of hydrogen-bond acceptors (Lipinski definition) is 6. The molecule has 0 radical (unpaired) electrons. The van der Waals surface area contributed by atoms with E-state index in [-0.39, 0.29) is 40.0 Å². The Balaban J connectivity index is 2.08. The molecule has 0 N–H and O–H groups in total. The molecule has 0 aliphatic heterocycles. The summed E-state index contributed by atoms with van der Waals surface area (Å²) in [4.78, 5) is 33.3. The van der Waals surface area contributed by atoms with Crippen LogP contribution in [0.1, 0.15) is 59.5 Å². The maximum atomic E-state index is 15.1. The predicted molar refractivity (Wildman–Crippen MR) is 141 cm³/mol. The van der Waals surface area contributed by atoms with Crippen LogP contribution in [0.25, 0.3) is 0 Å². The molecule has 2 aromatic carbocycles. The highest BCUT2D eigenvalue weighted by atomic mass is 19.1. The third-order valence-corrected chi connectivity index (χ3v) is 6.13. The number of ether oxygens (including phenoxy) is 2. The topological polar surface area (TPSA) is 95.8 Å². The van der Waals surface area contributed by atoms with E-state index in [0.29, 0.717) is 26.2 Å². The Kier molecular flexibility index (Phi) is 9.55. The van der Waals surface area contributed by atoms with Gasteiger partial charge in [0, 0.05) is 42.9 Å². The molecule has 1 aromatic heterocycles. The van der Waals surface area contributed by atoms with E-state index in [1.54, 1.807) is 21.9 Å². The number of carbonyl (C=O) groups excluding carboxylic acids is 2. The van der Waals surface area contributed by atoms with Crippen molar-refractivity contribution >= 4 is 11.8 Å². The van der Waals surface area contributed by atoms with E-state index in [2.05, 4.69) is 4.98 Å². The lowest BCUT2D eigenvalue weighted by molar-refractivity contribution is 0.0771. The normalized spacial score (nSPS) is 10.5. The number of nitrogens with zero attached hydrogens (tertiary/aromatic N) is 4. The fourth-order valence-electron chi connectivity index (χ4n) is 3.89. The molecular weight excluding hydrogens is 506 g/mol. The van der Waals surface area contributed by atoms with Gasteiger partial charge in [-0.1, -0.05) is 6.07 Å². The molecule has 1 heterocycles. The fourth-order valence-corrected chi connectivity index (χ4v) is 3.89. The number of nitriles is 1. The summed E-state index contributed by atoms with van der Waals surface area (Å²) < 4.78 is 41.2.